The molecule has 0 radical (unpaired) electrons. The molecule has 0 heterocycles. The largest absolute Gasteiger partial charge is 0.273 e. The van der Waals surface area contributed by atoms with Crippen LogP contribution in [0.25, 0.3) is 0 Å². The van der Waals surface area contributed by atoms with Gasteiger partial charge in [0.2, 0.25) is 5.91 Å². The Morgan fingerprint density at radius 2 is 1.84 bits per heavy atom. The summed E-state index contributed by atoms with van der Waals surface area (Å²) in [6.07, 6.45) is 11.3. The lowest BCUT2D eigenvalue weighted by molar-refractivity contribution is -0.125. The van der Waals surface area contributed by atoms with E-state index in [1.807, 2.05) is 0 Å². The van der Waals surface area contributed by atoms with E-state index in [9.17, 15) is 4.79 Å². The van der Waals surface area contributed by atoms with E-state index in [4.69, 9.17) is 0 Å². The van der Waals surface area contributed by atoms with Gasteiger partial charge in [-0.05, 0) is 50.9 Å². The molecule has 0 aliphatic heterocycles. The predicted molar refractivity (Wildman–Crippen MR) is 76.8 cm³/mol. The van der Waals surface area contributed by atoms with Crippen LogP contribution in [0.3, 0.4) is 0 Å². The minimum absolute atomic E-state index is 0.155. The molecular formula is C16H26N2O. The number of hydrogen-bond donors (Lipinski definition) is 1. The Morgan fingerprint density at radius 1 is 1.05 bits per heavy atom. The minimum Gasteiger partial charge on any atom is -0.273 e. The molecule has 3 aliphatic rings. The zero-order valence-electron chi connectivity index (χ0n) is 12.0. The fourth-order valence-electron chi connectivity index (χ4n) is 4.44. The van der Waals surface area contributed by atoms with Crippen molar-refractivity contribution in [1.29, 1.82) is 0 Å². The molecule has 3 atom stereocenters. The first kappa shape index (κ1) is 13.1. The molecule has 0 aromatic heterocycles. The summed E-state index contributed by atoms with van der Waals surface area (Å²) in [5, 5.41) is 4.42. The highest BCUT2D eigenvalue weighted by Crippen LogP contribution is 2.48. The molecule has 3 saturated carbocycles. The predicted octanol–water partition coefficient (Wildman–Crippen LogP) is 3.50. The Bertz CT molecular complexity index is 371. The highest BCUT2D eigenvalue weighted by atomic mass is 16.2. The standard InChI is InChI=1S/C16H26N2O/c1-11(15-10-12-7-8-14(15)9-12)17-18-16(19)13-5-3-2-4-6-13/h12-15H,2-10H2,1H3,(H,18,19)/b17-11-/t12-,14+,15-/m0/s1. The Balaban J connectivity index is 1.52. The van der Waals surface area contributed by atoms with Gasteiger partial charge in [0.1, 0.15) is 0 Å². The van der Waals surface area contributed by atoms with Gasteiger partial charge in [-0.15, -0.1) is 0 Å². The average Bonchev–Trinajstić information content (AvgIpc) is 3.08. The molecule has 0 spiro atoms. The molecule has 3 nitrogen and oxygen atoms in total. The summed E-state index contributed by atoms with van der Waals surface area (Å²) in [7, 11) is 0. The van der Waals surface area contributed by atoms with Gasteiger partial charge in [0.15, 0.2) is 0 Å². The van der Waals surface area contributed by atoms with Crippen LogP contribution in [-0.4, -0.2) is 11.6 Å². The van der Waals surface area contributed by atoms with Gasteiger partial charge >= 0.3 is 0 Å². The second kappa shape index (κ2) is 5.64. The van der Waals surface area contributed by atoms with Gasteiger partial charge in [0, 0.05) is 17.5 Å². The van der Waals surface area contributed by atoms with Crippen molar-refractivity contribution in [2.24, 2.45) is 28.8 Å². The van der Waals surface area contributed by atoms with Crippen molar-refractivity contribution < 1.29 is 4.79 Å². The smallest absolute Gasteiger partial charge is 0.243 e. The lowest BCUT2D eigenvalue weighted by Gasteiger charge is -2.22. The number of nitrogens with one attached hydrogen (secondary N) is 1. The van der Waals surface area contributed by atoms with Gasteiger partial charge in [0.25, 0.3) is 0 Å². The van der Waals surface area contributed by atoms with Crippen LogP contribution in [0.5, 0.6) is 0 Å². The van der Waals surface area contributed by atoms with Crippen molar-refractivity contribution in [1.82, 2.24) is 5.43 Å². The van der Waals surface area contributed by atoms with Crippen molar-refractivity contribution in [2.75, 3.05) is 0 Å². The van der Waals surface area contributed by atoms with Crippen LogP contribution in [0.1, 0.15) is 64.7 Å². The van der Waals surface area contributed by atoms with E-state index in [1.54, 1.807) is 0 Å². The normalized spacial score (nSPS) is 35.6. The fraction of sp³-hybridized carbons (Fsp3) is 0.875. The maximum atomic E-state index is 12.1. The van der Waals surface area contributed by atoms with Crippen molar-refractivity contribution in [3.8, 4) is 0 Å². The number of rotatable bonds is 3. The molecule has 3 rings (SSSR count). The van der Waals surface area contributed by atoms with Gasteiger partial charge in [-0.25, -0.2) is 5.43 Å². The molecule has 0 aromatic carbocycles. The van der Waals surface area contributed by atoms with Crippen LogP contribution >= 0.6 is 0 Å². The Hall–Kier alpha value is -0.860. The highest BCUT2D eigenvalue weighted by molar-refractivity contribution is 5.87. The number of carbonyl (C=O) groups excluding carboxylic acids is 1. The van der Waals surface area contributed by atoms with Crippen LogP contribution in [-0.2, 0) is 4.79 Å². The van der Waals surface area contributed by atoms with Gasteiger partial charge in [-0.3, -0.25) is 4.79 Å². The quantitative estimate of drug-likeness (QED) is 0.614. The molecule has 106 valence electrons. The lowest BCUT2D eigenvalue weighted by atomic mass is 9.86. The Morgan fingerprint density at radius 3 is 2.47 bits per heavy atom. The SMILES string of the molecule is C/C(=N/NC(=O)C1CCCCC1)[C@@H]1C[C@H]2CC[C@@H]1C2. The number of amides is 1. The molecule has 19 heavy (non-hydrogen) atoms. The molecule has 3 heteroatoms. The maximum absolute atomic E-state index is 12.1. The first-order valence-electron chi connectivity index (χ1n) is 8.08. The van der Waals surface area contributed by atoms with Crippen LogP contribution in [0.2, 0.25) is 0 Å². The number of nitrogens with zero attached hydrogens (tertiary/aromatic N) is 1. The lowest BCUT2D eigenvalue weighted by Crippen LogP contribution is -2.30. The van der Waals surface area contributed by atoms with Gasteiger partial charge < -0.3 is 0 Å². The molecule has 0 unspecified atom stereocenters. The second-order valence-electron chi connectivity index (χ2n) is 6.85. The number of fused-ring (bicyclic) bond motifs is 2. The molecule has 3 aliphatic carbocycles. The summed E-state index contributed by atoms with van der Waals surface area (Å²) in [5.74, 6) is 2.80. The summed E-state index contributed by atoms with van der Waals surface area (Å²) < 4.78 is 0. The summed E-state index contributed by atoms with van der Waals surface area (Å²) in [6, 6.07) is 0. The number of hydrogen-bond acceptors (Lipinski definition) is 2. The average molecular weight is 262 g/mol. The van der Waals surface area contributed by atoms with E-state index in [0.29, 0.717) is 5.92 Å². The van der Waals surface area contributed by atoms with Crippen LogP contribution in [0, 0.1) is 23.7 Å². The molecular weight excluding hydrogens is 236 g/mol. The number of carbonyl (C=O) groups is 1. The van der Waals surface area contributed by atoms with Crippen molar-refractivity contribution >= 4 is 11.6 Å². The molecule has 1 N–H and O–H groups in total. The van der Waals surface area contributed by atoms with E-state index in [1.165, 1.54) is 44.9 Å². The maximum Gasteiger partial charge on any atom is 0.243 e. The highest BCUT2D eigenvalue weighted by Gasteiger charge is 2.40. The third-order valence-electron chi connectivity index (χ3n) is 5.59. The third kappa shape index (κ3) is 2.85. The minimum atomic E-state index is 0.155. The first-order chi connectivity index (χ1) is 9.24. The van der Waals surface area contributed by atoms with E-state index in [0.717, 1.165) is 30.4 Å². The fourth-order valence-corrected chi connectivity index (χ4v) is 4.44. The zero-order valence-corrected chi connectivity index (χ0v) is 12.0. The second-order valence-corrected chi connectivity index (χ2v) is 6.85. The Kier molecular flexibility index (Phi) is 3.90. The van der Waals surface area contributed by atoms with Gasteiger partial charge in [-0.1, -0.05) is 25.7 Å². The summed E-state index contributed by atoms with van der Waals surface area (Å²) in [4.78, 5) is 12.1. The molecule has 3 fully saturated rings. The molecule has 0 saturated heterocycles. The van der Waals surface area contributed by atoms with Gasteiger partial charge in [-0.2, -0.15) is 5.10 Å². The summed E-state index contributed by atoms with van der Waals surface area (Å²) in [5.41, 5.74) is 4.00. The van der Waals surface area contributed by atoms with E-state index in [2.05, 4.69) is 17.5 Å². The van der Waals surface area contributed by atoms with E-state index in [-0.39, 0.29) is 11.8 Å². The van der Waals surface area contributed by atoms with Crippen molar-refractivity contribution in [3.05, 3.63) is 0 Å². The van der Waals surface area contributed by atoms with Crippen LogP contribution in [0.4, 0.5) is 0 Å². The van der Waals surface area contributed by atoms with Crippen LogP contribution in [0.15, 0.2) is 5.10 Å². The Labute approximate surface area is 116 Å². The molecule has 0 aromatic rings. The summed E-state index contributed by atoms with van der Waals surface area (Å²) >= 11 is 0. The van der Waals surface area contributed by atoms with Gasteiger partial charge in [0.05, 0.1) is 0 Å². The van der Waals surface area contributed by atoms with Crippen molar-refractivity contribution in [2.45, 2.75) is 64.7 Å². The number of hydrazone groups is 1. The van der Waals surface area contributed by atoms with Crippen LogP contribution < -0.4 is 5.43 Å². The van der Waals surface area contributed by atoms with E-state index < -0.39 is 0 Å². The topological polar surface area (TPSA) is 41.5 Å². The zero-order chi connectivity index (χ0) is 13.2. The monoisotopic (exact) mass is 262 g/mol. The van der Waals surface area contributed by atoms with Crippen molar-refractivity contribution in [3.63, 3.8) is 0 Å². The van der Waals surface area contributed by atoms with E-state index >= 15 is 0 Å². The third-order valence-corrected chi connectivity index (χ3v) is 5.59. The molecule has 1 amide bonds. The summed E-state index contributed by atoms with van der Waals surface area (Å²) in [6.45, 7) is 2.10. The first-order valence-corrected chi connectivity index (χ1v) is 8.08. The molecule has 2 bridgehead atoms.